The third-order valence-electron chi connectivity index (χ3n) is 2.36. The number of rotatable bonds is 4. The molecule has 0 saturated heterocycles. The van der Waals surface area contributed by atoms with Gasteiger partial charge in [-0.3, -0.25) is 14.4 Å². The van der Waals surface area contributed by atoms with E-state index in [9.17, 15) is 19.5 Å². The molecule has 5 nitrogen and oxygen atoms in total. The third kappa shape index (κ3) is 2.50. The predicted molar refractivity (Wildman–Crippen MR) is 50.0 cm³/mol. The van der Waals surface area contributed by atoms with Crippen molar-refractivity contribution < 1.29 is 24.2 Å². The first-order chi connectivity index (χ1) is 7.10. The molecule has 0 heterocycles. The van der Waals surface area contributed by atoms with E-state index >= 15 is 0 Å². The number of aliphatic hydroxyl groups excluding tert-OH is 1. The van der Waals surface area contributed by atoms with Crippen LogP contribution in [0.5, 0.6) is 0 Å². The summed E-state index contributed by atoms with van der Waals surface area (Å²) in [5.41, 5.74) is 0.354. The van der Waals surface area contributed by atoms with Crippen molar-refractivity contribution in [2.24, 2.45) is 0 Å². The average molecular weight is 212 g/mol. The Bertz CT molecular complexity index is 329. The van der Waals surface area contributed by atoms with E-state index in [1.165, 1.54) is 7.11 Å². The average Bonchev–Trinajstić information content (AvgIpc) is 2.49. The summed E-state index contributed by atoms with van der Waals surface area (Å²) in [7, 11) is 1.25. The Morgan fingerprint density at radius 3 is 2.87 bits per heavy atom. The van der Waals surface area contributed by atoms with Crippen LogP contribution in [0.4, 0.5) is 0 Å². The highest BCUT2D eigenvalue weighted by Crippen LogP contribution is 2.25. The van der Waals surface area contributed by atoms with Crippen LogP contribution in [0.1, 0.15) is 19.3 Å². The molecule has 1 atom stereocenters. The van der Waals surface area contributed by atoms with E-state index in [1.54, 1.807) is 0 Å². The van der Waals surface area contributed by atoms with Crippen LogP contribution in [-0.2, 0) is 19.1 Å². The van der Waals surface area contributed by atoms with Gasteiger partial charge in [0.2, 0.25) is 0 Å². The molecule has 1 unspecified atom stereocenters. The lowest BCUT2D eigenvalue weighted by atomic mass is 10.1. The van der Waals surface area contributed by atoms with Gasteiger partial charge in [-0.25, -0.2) is 0 Å². The quantitative estimate of drug-likeness (QED) is 0.514. The van der Waals surface area contributed by atoms with Crippen molar-refractivity contribution in [3.63, 3.8) is 0 Å². The third-order valence-corrected chi connectivity index (χ3v) is 2.36. The number of ether oxygens (including phenoxy) is 1. The van der Waals surface area contributed by atoms with Crippen molar-refractivity contribution in [3.05, 3.63) is 11.1 Å². The molecule has 0 radical (unpaired) electrons. The molecule has 0 fully saturated rings. The molecule has 0 amide bonds. The van der Waals surface area contributed by atoms with E-state index in [1.807, 2.05) is 0 Å². The van der Waals surface area contributed by atoms with Crippen molar-refractivity contribution in [3.8, 4) is 0 Å². The number of hydrogen-bond acceptors (Lipinski definition) is 5. The Hall–Kier alpha value is -1.49. The van der Waals surface area contributed by atoms with Crippen LogP contribution in [0, 0.1) is 0 Å². The second-order valence-corrected chi connectivity index (χ2v) is 3.27. The van der Waals surface area contributed by atoms with E-state index in [4.69, 9.17) is 0 Å². The highest BCUT2D eigenvalue weighted by Gasteiger charge is 2.30. The molecule has 1 N–H and O–H groups in total. The van der Waals surface area contributed by atoms with Gasteiger partial charge < -0.3 is 9.84 Å². The molecule has 0 aromatic rings. The molecule has 0 saturated carbocycles. The van der Waals surface area contributed by atoms with Crippen molar-refractivity contribution >= 4 is 18.0 Å². The van der Waals surface area contributed by atoms with Crippen LogP contribution in [-0.4, -0.2) is 36.4 Å². The molecule has 0 spiro atoms. The molecule has 1 rings (SSSR count). The Morgan fingerprint density at radius 2 is 2.33 bits per heavy atom. The topological polar surface area (TPSA) is 80.7 Å². The number of hydrogen-bond donors (Lipinski definition) is 1. The molecule has 5 heteroatoms. The maximum absolute atomic E-state index is 11.3. The van der Waals surface area contributed by atoms with Gasteiger partial charge in [-0.2, -0.15) is 0 Å². The van der Waals surface area contributed by atoms with Crippen LogP contribution in [0.15, 0.2) is 11.1 Å². The van der Waals surface area contributed by atoms with Crippen molar-refractivity contribution in [1.29, 1.82) is 0 Å². The summed E-state index contributed by atoms with van der Waals surface area (Å²) in [6, 6.07) is 0. The highest BCUT2D eigenvalue weighted by atomic mass is 16.5. The standard InChI is InChI=1S/C10H12O5/c1-15-10(14)3-2-6-7(5-11)9(13)4-8(6)12/h5,9,13H,2-4H2,1H3. The summed E-state index contributed by atoms with van der Waals surface area (Å²) in [6.07, 6.45) is -0.409. The molecule has 82 valence electrons. The first-order valence-electron chi connectivity index (χ1n) is 4.56. The Balaban J connectivity index is 2.73. The summed E-state index contributed by atoms with van der Waals surface area (Å²) < 4.78 is 4.42. The van der Waals surface area contributed by atoms with Gasteiger partial charge in [0.05, 0.1) is 13.2 Å². The minimum Gasteiger partial charge on any atom is -0.469 e. The zero-order chi connectivity index (χ0) is 11.4. The molecular formula is C10H12O5. The smallest absolute Gasteiger partial charge is 0.305 e. The van der Waals surface area contributed by atoms with Gasteiger partial charge in [-0.1, -0.05) is 0 Å². The largest absolute Gasteiger partial charge is 0.469 e. The zero-order valence-corrected chi connectivity index (χ0v) is 8.36. The van der Waals surface area contributed by atoms with Gasteiger partial charge in [-0.05, 0) is 6.42 Å². The summed E-state index contributed by atoms with van der Waals surface area (Å²) in [6.45, 7) is 0. The number of ketones is 1. The van der Waals surface area contributed by atoms with E-state index in [-0.39, 0.29) is 36.2 Å². The molecule has 1 aliphatic rings. The van der Waals surface area contributed by atoms with E-state index in [0.717, 1.165) is 0 Å². The fourth-order valence-electron chi connectivity index (χ4n) is 1.53. The van der Waals surface area contributed by atoms with Gasteiger partial charge in [-0.15, -0.1) is 0 Å². The predicted octanol–water partition coefficient (Wildman–Crippen LogP) is -0.231. The number of methoxy groups -OCH3 is 1. The first-order valence-corrected chi connectivity index (χ1v) is 4.56. The minimum absolute atomic E-state index is 0.0433. The zero-order valence-electron chi connectivity index (χ0n) is 8.36. The Kier molecular flexibility index (Phi) is 3.74. The molecule has 15 heavy (non-hydrogen) atoms. The van der Waals surface area contributed by atoms with Crippen molar-refractivity contribution in [2.45, 2.75) is 25.4 Å². The van der Waals surface area contributed by atoms with Gasteiger partial charge >= 0.3 is 5.97 Å². The summed E-state index contributed by atoms with van der Waals surface area (Å²) in [5.74, 6) is -0.713. The van der Waals surface area contributed by atoms with Gasteiger partial charge in [0.15, 0.2) is 5.78 Å². The number of carbonyl (C=O) groups is 3. The maximum Gasteiger partial charge on any atom is 0.305 e. The number of allylic oxidation sites excluding steroid dienone is 1. The molecule has 0 aromatic heterocycles. The SMILES string of the molecule is COC(=O)CCC1=C(C=O)C(O)CC1=O. The molecule has 1 aliphatic carbocycles. The Labute approximate surface area is 86.7 Å². The van der Waals surface area contributed by atoms with Crippen molar-refractivity contribution in [1.82, 2.24) is 0 Å². The maximum atomic E-state index is 11.3. The number of aldehydes is 1. The fraction of sp³-hybridized carbons (Fsp3) is 0.500. The minimum atomic E-state index is -1.01. The number of carbonyl (C=O) groups excluding carboxylic acids is 3. The lowest BCUT2D eigenvalue weighted by Crippen LogP contribution is -2.06. The molecule has 0 aromatic carbocycles. The van der Waals surface area contributed by atoms with Gasteiger partial charge in [0.1, 0.15) is 6.29 Å². The number of esters is 1. The highest BCUT2D eigenvalue weighted by molar-refractivity contribution is 6.05. The van der Waals surface area contributed by atoms with Gasteiger partial charge in [0.25, 0.3) is 0 Å². The second kappa shape index (κ2) is 4.84. The van der Waals surface area contributed by atoms with E-state index in [0.29, 0.717) is 6.29 Å². The second-order valence-electron chi connectivity index (χ2n) is 3.27. The van der Waals surface area contributed by atoms with E-state index in [2.05, 4.69) is 4.74 Å². The molecular weight excluding hydrogens is 200 g/mol. The normalized spacial score (nSPS) is 20.7. The number of Topliss-reactive ketones (excluding diaryl/α,β-unsaturated/α-hetero) is 1. The summed E-state index contributed by atoms with van der Waals surface area (Å²) in [5, 5.41) is 9.33. The first kappa shape index (κ1) is 11.6. The molecule has 0 aliphatic heterocycles. The monoisotopic (exact) mass is 212 g/mol. The van der Waals surface area contributed by atoms with Crippen LogP contribution >= 0.6 is 0 Å². The van der Waals surface area contributed by atoms with Crippen LogP contribution in [0.2, 0.25) is 0 Å². The lowest BCUT2D eigenvalue weighted by Gasteiger charge is -2.01. The van der Waals surface area contributed by atoms with Crippen LogP contribution < -0.4 is 0 Å². The molecule has 0 bridgehead atoms. The van der Waals surface area contributed by atoms with Crippen molar-refractivity contribution in [2.75, 3.05) is 7.11 Å². The fourth-order valence-corrected chi connectivity index (χ4v) is 1.53. The Morgan fingerprint density at radius 1 is 1.67 bits per heavy atom. The van der Waals surface area contributed by atoms with E-state index < -0.39 is 12.1 Å². The van der Waals surface area contributed by atoms with Crippen LogP contribution in [0.25, 0.3) is 0 Å². The summed E-state index contributed by atoms with van der Waals surface area (Å²) >= 11 is 0. The lowest BCUT2D eigenvalue weighted by molar-refractivity contribution is -0.140. The van der Waals surface area contributed by atoms with Gasteiger partial charge in [0, 0.05) is 24.0 Å². The van der Waals surface area contributed by atoms with Crippen LogP contribution in [0.3, 0.4) is 0 Å². The number of aliphatic hydroxyl groups is 1. The summed E-state index contributed by atoms with van der Waals surface area (Å²) in [4.78, 5) is 32.8.